The molecule has 1 aromatic rings. The van der Waals surface area contributed by atoms with Gasteiger partial charge in [-0.05, 0) is 37.4 Å². The monoisotopic (exact) mass is 268 g/mol. The van der Waals surface area contributed by atoms with Gasteiger partial charge in [-0.15, -0.1) is 0 Å². The Balaban J connectivity index is 2.18. The topological polar surface area (TPSA) is 15.3 Å². The zero-order chi connectivity index (χ0) is 13.8. The van der Waals surface area contributed by atoms with E-state index in [9.17, 15) is 8.78 Å². The Labute approximate surface area is 113 Å². The quantitative estimate of drug-likeness (QED) is 0.905. The van der Waals surface area contributed by atoms with Crippen LogP contribution in [0.4, 0.5) is 14.5 Å². The highest BCUT2D eigenvalue weighted by Gasteiger charge is 2.22. The molecule has 1 unspecified atom stereocenters. The standard InChI is InChI=1S/C15H22F2N2/c1-11(2)9-12-10-19(8-4-7-18-12)15-13(16)5-3-6-14(15)17/h3,5-6,11-12,18H,4,7-10H2,1-2H3. The maximum atomic E-state index is 13.9. The maximum Gasteiger partial charge on any atom is 0.149 e. The first-order chi connectivity index (χ1) is 9.08. The van der Waals surface area contributed by atoms with E-state index in [-0.39, 0.29) is 5.69 Å². The van der Waals surface area contributed by atoms with Crippen LogP contribution in [0.3, 0.4) is 0 Å². The molecule has 0 spiro atoms. The molecule has 1 aliphatic rings. The van der Waals surface area contributed by atoms with Crippen LogP contribution in [-0.4, -0.2) is 25.7 Å². The Morgan fingerprint density at radius 2 is 2.00 bits per heavy atom. The minimum atomic E-state index is -0.467. The summed E-state index contributed by atoms with van der Waals surface area (Å²) in [6.07, 6.45) is 1.93. The van der Waals surface area contributed by atoms with Gasteiger partial charge < -0.3 is 10.2 Å². The zero-order valence-electron chi connectivity index (χ0n) is 11.6. The van der Waals surface area contributed by atoms with Crippen molar-refractivity contribution in [2.24, 2.45) is 5.92 Å². The average molecular weight is 268 g/mol. The molecule has 0 amide bonds. The number of hydrogen-bond acceptors (Lipinski definition) is 2. The van der Waals surface area contributed by atoms with E-state index in [1.807, 2.05) is 4.90 Å². The molecule has 19 heavy (non-hydrogen) atoms. The molecular formula is C15H22F2N2. The van der Waals surface area contributed by atoms with Crippen molar-refractivity contribution in [1.82, 2.24) is 5.32 Å². The fourth-order valence-corrected chi connectivity index (χ4v) is 2.72. The minimum Gasteiger partial charge on any atom is -0.365 e. The van der Waals surface area contributed by atoms with Gasteiger partial charge >= 0.3 is 0 Å². The summed E-state index contributed by atoms with van der Waals surface area (Å²) in [6, 6.07) is 4.36. The molecule has 0 aliphatic carbocycles. The summed E-state index contributed by atoms with van der Waals surface area (Å²) in [5, 5.41) is 3.47. The van der Waals surface area contributed by atoms with E-state index in [1.54, 1.807) is 0 Å². The molecular weight excluding hydrogens is 246 g/mol. The Bertz CT molecular complexity index is 400. The smallest absolute Gasteiger partial charge is 0.149 e. The summed E-state index contributed by atoms with van der Waals surface area (Å²) in [5.74, 6) is -0.363. The lowest BCUT2D eigenvalue weighted by atomic mass is 10.0. The molecule has 0 bridgehead atoms. The SMILES string of the molecule is CC(C)CC1CN(c2c(F)cccc2F)CCCN1. The fourth-order valence-electron chi connectivity index (χ4n) is 2.72. The lowest BCUT2D eigenvalue weighted by molar-refractivity contribution is 0.434. The summed E-state index contributed by atoms with van der Waals surface area (Å²) in [4.78, 5) is 1.84. The van der Waals surface area contributed by atoms with E-state index < -0.39 is 11.6 Å². The van der Waals surface area contributed by atoms with Crippen molar-refractivity contribution >= 4 is 5.69 Å². The third-order valence-electron chi connectivity index (χ3n) is 3.49. The molecule has 0 aromatic heterocycles. The molecule has 1 aromatic carbocycles. The molecule has 4 heteroatoms. The number of hydrogen-bond donors (Lipinski definition) is 1. The molecule has 1 atom stereocenters. The van der Waals surface area contributed by atoms with Gasteiger partial charge in [-0.3, -0.25) is 0 Å². The largest absolute Gasteiger partial charge is 0.365 e. The van der Waals surface area contributed by atoms with Gasteiger partial charge in [-0.25, -0.2) is 8.78 Å². The summed E-state index contributed by atoms with van der Waals surface area (Å²) < 4.78 is 27.7. The first kappa shape index (κ1) is 14.3. The van der Waals surface area contributed by atoms with E-state index in [2.05, 4.69) is 19.2 Å². The molecule has 1 fully saturated rings. The highest BCUT2D eigenvalue weighted by molar-refractivity contribution is 5.49. The van der Waals surface area contributed by atoms with Gasteiger partial charge in [-0.2, -0.15) is 0 Å². The van der Waals surface area contributed by atoms with Crippen LogP contribution in [0.25, 0.3) is 0 Å². The van der Waals surface area contributed by atoms with Crippen LogP contribution < -0.4 is 10.2 Å². The van der Waals surface area contributed by atoms with E-state index in [0.717, 1.165) is 19.4 Å². The van der Waals surface area contributed by atoms with Crippen LogP contribution in [0.5, 0.6) is 0 Å². The second-order valence-corrected chi connectivity index (χ2v) is 5.65. The molecule has 0 saturated carbocycles. The van der Waals surface area contributed by atoms with Crippen molar-refractivity contribution in [2.75, 3.05) is 24.5 Å². The molecule has 1 saturated heterocycles. The fraction of sp³-hybridized carbons (Fsp3) is 0.600. The van der Waals surface area contributed by atoms with Crippen LogP contribution in [0.15, 0.2) is 18.2 Å². The second-order valence-electron chi connectivity index (χ2n) is 5.65. The van der Waals surface area contributed by atoms with Gasteiger partial charge in [0.2, 0.25) is 0 Å². The third kappa shape index (κ3) is 3.66. The summed E-state index contributed by atoms with van der Waals surface area (Å²) in [5.41, 5.74) is 0.125. The first-order valence-corrected chi connectivity index (χ1v) is 7.00. The van der Waals surface area contributed by atoms with Gasteiger partial charge in [0, 0.05) is 19.1 Å². The van der Waals surface area contributed by atoms with E-state index in [4.69, 9.17) is 0 Å². The van der Waals surface area contributed by atoms with Crippen molar-refractivity contribution in [3.8, 4) is 0 Å². The normalized spacial score (nSPS) is 20.7. The number of benzene rings is 1. The summed E-state index contributed by atoms with van der Waals surface area (Å²) in [6.45, 7) is 6.60. The minimum absolute atomic E-state index is 0.125. The third-order valence-corrected chi connectivity index (χ3v) is 3.49. The summed E-state index contributed by atoms with van der Waals surface area (Å²) in [7, 11) is 0. The molecule has 0 radical (unpaired) electrons. The molecule has 2 rings (SSSR count). The zero-order valence-corrected chi connectivity index (χ0v) is 11.6. The van der Waals surface area contributed by atoms with Gasteiger partial charge in [0.15, 0.2) is 0 Å². The number of rotatable bonds is 3. The van der Waals surface area contributed by atoms with Crippen molar-refractivity contribution < 1.29 is 8.78 Å². The Morgan fingerprint density at radius 3 is 2.63 bits per heavy atom. The van der Waals surface area contributed by atoms with E-state index in [0.29, 0.717) is 25.0 Å². The Kier molecular flexibility index (Phi) is 4.75. The maximum absolute atomic E-state index is 13.9. The molecule has 1 heterocycles. The van der Waals surface area contributed by atoms with Gasteiger partial charge in [-0.1, -0.05) is 19.9 Å². The highest BCUT2D eigenvalue weighted by Crippen LogP contribution is 2.25. The number of nitrogens with one attached hydrogen (secondary N) is 1. The predicted octanol–water partition coefficient (Wildman–Crippen LogP) is 3.18. The molecule has 1 aliphatic heterocycles. The van der Waals surface area contributed by atoms with Crippen molar-refractivity contribution in [2.45, 2.75) is 32.7 Å². The van der Waals surface area contributed by atoms with Crippen molar-refractivity contribution in [3.05, 3.63) is 29.8 Å². The highest BCUT2D eigenvalue weighted by atomic mass is 19.1. The number of nitrogens with zero attached hydrogens (tertiary/aromatic N) is 1. The molecule has 2 nitrogen and oxygen atoms in total. The van der Waals surface area contributed by atoms with Gasteiger partial charge in [0.25, 0.3) is 0 Å². The predicted molar refractivity (Wildman–Crippen MR) is 74.4 cm³/mol. The molecule has 1 N–H and O–H groups in total. The van der Waals surface area contributed by atoms with E-state index >= 15 is 0 Å². The number of para-hydroxylation sites is 1. The van der Waals surface area contributed by atoms with Crippen LogP contribution in [0.1, 0.15) is 26.7 Å². The van der Waals surface area contributed by atoms with Crippen molar-refractivity contribution in [1.29, 1.82) is 0 Å². The van der Waals surface area contributed by atoms with Crippen LogP contribution in [0, 0.1) is 17.6 Å². The van der Waals surface area contributed by atoms with E-state index in [1.165, 1.54) is 18.2 Å². The Morgan fingerprint density at radius 1 is 1.32 bits per heavy atom. The van der Waals surface area contributed by atoms with Crippen LogP contribution in [-0.2, 0) is 0 Å². The first-order valence-electron chi connectivity index (χ1n) is 7.00. The molecule has 106 valence electrons. The summed E-state index contributed by atoms with van der Waals surface area (Å²) >= 11 is 0. The number of halogens is 2. The lowest BCUT2D eigenvalue weighted by Gasteiger charge is -2.28. The number of anilines is 1. The van der Waals surface area contributed by atoms with Gasteiger partial charge in [0.1, 0.15) is 17.3 Å². The lowest BCUT2D eigenvalue weighted by Crippen LogP contribution is -2.39. The van der Waals surface area contributed by atoms with Gasteiger partial charge in [0.05, 0.1) is 0 Å². The van der Waals surface area contributed by atoms with Crippen molar-refractivity contribution in [3.63, 3.8) is 0 Å². The van der Waals surface area contributed by atoms with Crippen LogP contribution in [0.2, 0.25) is 0 Å². The Hall–Kier alpha value is -1.16. The average Bonchev–Trinajstić information content (AvgIpc) is 2.54. The second kappa shape index (κ2) is 6.33. The van der Waals surface area contributed by atoms with Crippen LogP contribution >= 0.6 is 0 Å².